The molecule has 0 aliphatic carbocycles. The van der Waals surface area contributed by atoms with E-state index in [2.05, 4.69) is 21.2 Å². The second kappa shape index (κ2) is 7.01. The van der Waals surface area contributed by atoms with Crippen LogP contribution in [0.2, 0.25) is 0 Å². The molecule has 5 nitrogen and oxygen atoms in total. The van der Waals surface area contributed by atoms with E-state index in [1.54, 1.807) is 6.92 Å². The van der Waals surface area contributed by atoms with Gasteiger partial charge in [0.25, 0.3) is 0 Å². The summed E-state index contributed by atoms with van der Waals surface area (Å²) in [6, 6.07) is 5.55. The van der Waals surface area contributed by atoms with E-state index in [-0.39, 0.29) is 22.6 Å². The normalized spacial score (nSPS) is 11.3. The number of nitriles is 1. The Hall–Kier alpha value is -1.94. The number of rotatable bonds is 3. The number of hydrogen-bond donors (Lipinski definition) is 1. The summed E-state index contributed by atoms with van der Waals surface area (Å²) in [4.78, 5) is 24.7. The molecule has 0 spiro atoms. The zero-order chi connectivity index (χ0) is 15.3. The predicted octanol–water partition coefficient (Wildman–Crippen LogP) is 2.29. The highest BCUT2D eigenvalue weighted by atomic mass is 79.9. The Kier molecular flexibility index (Phi) is 5.65. The lowest BCUT2D eigenvalue weighted by Gasteiger charge is -2.22. The van der Waals surface area contributed by atoms with Crippen molar-refractivity contribution in [3.8, 4) is 6.07 Å². The van der Waals surface area contributed by atoms with Gasteiger partial charge in [0.15, 0.2) is 0 Å². The van der Waals surface area contributed by atoms with Gasteiger partial charge in [0.1, 0.15) is 5.82 Å². The summed E-state index contributed by atoms with van der Waals surface area (Å²) in [5.41, 5.74) is 0.186. The highest BCUT2D eigenvalue weighted by Crippen LogP contribution is 2.19. The van der Waals surface area contributed by atoms with Gasteiger partial charge in [0.05, 0.1) is 17.0 Å². The van der Waals surface area contributed by atoms with Crippen molar-refractivity contribution in [1.29, 1.82) is 5.26 Å². The van der Waals surface area contributed by atoms with Crippen molar-refractivity contribution >= 4 is 33.4 Å². The molecule has 1 aromatic rings. The van der Waals surface area contributed by atoms with Crippen LogP contribution in [0.5, 0.6) is 0 Å². The number of anilines is 1. The molecule has 0 unspecified atom stereocenters. The van der Waals surface area contributed by atoms with E-state index < -0.39 is 17.6 Å². The van der Waals surface area contributed by atoms with Crippen LogP contribution in [-0.4, -0.2) is 29.8 Å². The van der Waals surface area contributed by atoms with Crippen LogP contribution in [0.4, 0.5) is 10.1 Å². The second-order valence-electron chi connectivity index (χ2n) is 4.21. The van der Waals surface area contributed by atoms with Crippen molar-refractivity contribution in [2.75, 3.05) is 12.4 Å². The number of likely N-dealkylation sites (N-methyl/N-ethyl adjacent to an activating group) is 1. The first-order valence-corrected chi connectivity index (χ1v) is 6.56. The molecular weight excluding hydrogens is 329 g/mol. The number of nitrogens with zero attached hydrogens (tertiary/aromatic N) is 2. The molecule has 0 aliphatic heterocycles. The number of nitrogens with one attached hydrogen (secondary N) is 1. The van der Waals surface area contributed by atoms with E-state index in [1.165, 1.54) is 24.1 Å². The maximum absolute atomic E-state index is 13.3. The van der Waals surface area contributed by atoms with E-state index in [4.69, 9.17) is 5.26 Å². The van der Waals surface area contributed by atoms with Gasteiger partial charge < -0.3 is 10.2 Å². The van der Waals surface area contributed by atoms with Crippen LogP contribution in [0.25, 0.3) is 0 Å². The lowest BCUT2D eigenvalue weighted by Crippen LogP contribution is -2.42. The molecule has 1 N–H and O–H groups in total. The van der Waals surface area contributed by atoms with Gasteiger partial charge >= 0.3 is 11.8 Å². The van der Waals surface area contributed by atoms with E-state index in [0.29, 0.717) is 0 Å². The fourth-order valence-corrected chi connectivity index (χ4v) is 1.63. The summed E-state index contributed by atoms with van der Waals surface area (Å²) in [6.45, 7) is 1.66. The Labute approximate surface area is 124 Å². The van der Waals surface area contributed by atoms with E-state index in [0.717, 1.165) is 6.07 Å². The third-order valence-electron chi connectivity index (χ3n) is 2.74. The Bertz CT molecular complexity index is 571. The van der Waals surface area contributed by atoms with Gasteiger partial charge in [0, 0.05) is 18.8 Å². The molecule has 1 atom stereocenters. The molecule has 1 rings (SSSR count). The number of halogens is 2. The highest BCUT2D eigenvalue weighted by Gasteiger charge is 2.22. The van der Waals surface area contributed by atoms with Gasteiger partial charge in [-0.25, -0.2) is 4.39 Å². The van der Waals surface area contributed by atoms with Gasteiger partial charge in [-0.2, -0.15) is 5.26 Å². The molecule has 0 saturated carbocycles. The quantitative estimate of drug-likeness (QED) is 0.857. The van der Waals surface area contributed by atoms with Gasteiger partial charge in [0.2, 0.25) is 0 Å². The monoisotopic (exact) mass is 341 g/mol. The largest absolute Gasteiger partial charge is 0.334 e. The summed E-state index contributed by atoms with van der Waals surface area (Å²) in [6.07, 6.45) is 0.127. The van der Waals surface area contributed by atoms with Crippen molar-refractivity contribution in [3.63, 3.8) is 0 Å². The standard InChI is InChI=1S/C13H13BrFN3O2/c1-8(5-6-16)18(2)13(20)12(19)17-9-3-4-10(14)11(15)7-9/h3-4,7-8H,5H2,1-2H3,(H,17,19)/t8-/m0/s1. The van der Waals surface area contributed by atoms with E-state index in [1.807, 2.05) is 6.07 Å². The van der Waals surface area contributed by atoms with Gasteiger partial charge in [-0.1, -0.05) is 0 Å². The van der Waals surface area contributed by atoms with Crippen molar-refractivity contribution in [2.24, 2.45) is 0 Å². The van der Waals surface area contributed by atoms with Gasteiger partial charge in [-0.05, 0) is 41.1 Å². The van der Waals surface area contributed by atoms with Crippen molar-refractivity contribution in [1.82, 2.24) is 4.90 Å². The third kappa shape index (κ3) is 4.03. The van der Waals surface area contributed by atoms with Crippen LogP contribution in [0, 0.1) is 17.1 Å². The minimum absolute atomic E-state index is 0.127. The Morgan fingerprint density at radius 3 is 2.75 bits per heavy atom. The maximum atomic E-state index is 13.3. The molecule has 0 aliphatic rings. The summed E-state index contributed by atoms with van der Waals surface area (Å²) < 4.78 is 13.6. The van der Waals surface area contributed by atoms with E-state index >= 15 is 0 Å². The molecule has 7 heteroatoms. The molecule has 0 aromatic heterocycles. The molecule has 2 amide bonds. The molecule has 0 radical (unpaired) electrons. The zero-order valence-electron chi connectivity index (χ0n) is 11.0. The highest BCUT2D eigenvalue weighted by molar-refractivity contribution is 9.10. The first kappa shape index (κ1) is 16.1. The van der Waals surface area contributed by atoms with Gasteiger partial charge in [-0.3, -0.25) is 9.59 Å². The summed E-state index contributed by atoms with van der Waals surface area (Å²) in [5, 5.41) is 10.9. The number of hydrogen-bond acceptors (Lipinski definition) is 3. The zero-order valence-corrected chi connectivity index (χ0v) is 12.6. The lowest BCUT2D eigenvalue weighted by molar-refractivity contribution is -0.143. The molecule has 20 heavy (non-hydrogen) atoms. The van der Waals surface area contributed by atoms with Crippen LogP contribution in [0.1, 0.15) is 13.3 Å². The molecular formula is C13H13BrFN3O2. The van der Waals surface area contributed by atoms with Gasteiger partial charge in [-0.15, -0.1) is 0 Å². The summed E-state index contributed by atoms with van der Waals surface area (Å²) >= 11 is 2.99. The minimum atomic E-state index is -0.876. The fourth-order valence-electron chi connectivity index (χ4n) is 1.39. The van der Waals surface area contributed by atoms with Crippen LogP contribution in [0.3, 0.4) is 0 Å². The second-order valence-corrected chi connectivity index (χ2v) is 5.06. The topological polar surface area (TPSA) is 73.2 Å². The van der Waals surface area contributed by atoms with Crippen LogP contribution >= 0.6 is 15.9 Å². The maximum Gasteiger partial charge on any atom is 0.313 e. The Morgan fingerprint density at radius 1 is 1.55 bits per heavy atom. The average Bonchev–Trinajstić information content (AvgIpc) is 2.41. The number of carbonyl (C=O) groups is 2. The number of carbonyl (C=O) groups excluding carboxylic acids is 2. The number of amides is 2. The fraction of sp³-hybridized carbons (Fsp3) is 0.308. The van der Waals surface area contributed by atoms with E-state index in [9.17, 15) is 14.0 Å². The van der Waals surface area contributed by atoms with Crippen molar-refractivity contribution in [2.45, 2.75) is 19.4 Å². The average molecular weight is 342 g/mol. The molecule has 0 fully saturated rings. The summed E-state index contributed by atoms with van der Waals surface area (Å²) in [7, 11) is 1.44. The number of benzene rings is 1. The predicted molar refractivity (Wildman–Crippen MR) is 75.2 cm³/mol. The molecule has 106 valence electrons. The summed E-state index contributed by atoms with van der Waals surface area (Å²) in [5.74, 6) is -2.20. The smallest absolute Gasteiger partial charge is 0.313 e. The molecule has 0 bridgehead atoms. The Morgan fingerprint density at radius 2 is 2.20 bits per heavy atom. The van der Waals surface area contributed by atoms with Crippen molar-refractivity contribution < 1.29 is 14.0 Å². The molecule has 0 heterocycles. The first-order valence-electron chi connectivity index (χ1n) is 5.77. The molecule has 0 saturated heterocycles. The first-order chi connectivity index (χ1) is 9.36. The van der Waals surface area contributed by atoms with Crippen molar-refractivity contribution in [3.05, 3.63) is 28.5 Å². The Balaban J connectivity index is 2.73. The van der Waals surface area contributed by atoms with Crippen LogP contribution < -0.4 is 5.32 Å². The molecule has 1 aromatic carbocycles. The van der Waals surface area contributed by atoms with Crippen LogP contribution in [-0.2, 0) is 9.59 Å². The minimum Gasteiger partial charge on any atom is -0.334 e. The SMILES string of the molecule is C[C@@H](CC#N)N(C)C(=O)C(=O)Nc1ccc(Br)c(F)c1. The van der Waals surface area contributed by atoms with Crippen LogP contribution in [0.15, 0.2) is 22.7 Å². The lowest BCUT2D eigenvalue weighted by atomic mass is 10.2. The third-order valence-corrected chi connectivity index (χ3v) is 3.38.